The highest BCUT2D eigenvalue weighted by atomic mass is 35.5. The number of nitrogens with zero attached hydrogens (tertiary/aromatic N) is 3. The fraction of sp³-hybridized carbons (Fsp3) is 0.133. The van der Waals surface area contributed by atoms with Crippen LogP contribution in [0.5, 0.6) is 0 Å². The van der Waals surface area contributed by atoms with Gasteiger partial charge in [0.25, 0.3) is 0 Å². The molecule has 0 radical (unpaired) electrons. The predicted molar refractivity (Wildman–Crippen MR) is 84.9 cm³/mol. The Balaban J connectivity index is 1.63. The summed E-state index contributed by atoms with van der Waals surface area (Å²) in [4.78, 5) is 13.3. The first-order valence-electron chi connectivity index (χ1n) is 6.46. The number of benzene rings is 2. The van der Waals surface area contributed by atoms with Gasteiger partial charge >= 0.3 is 0 Å². The highest BCUT2D eigenvalue weighted by Crippen LogP contribution is 2.21. The van der Waals surface area contributed by atoms with E-state index in [0.29, 0.717) is 17.2 Å². The van der Waals surface area contributed by atoms with E-state index >= 15 is 0 Å². The SMILES string of the molecule is O=C(CCSc1ccc(Cl)cc1)n1nnc2ccccc21. The van der Waals surface area contributed by atoms with Crippen molar-refractivity contribution < 1.29 is 4.79 Å². The number of aromatic nitrogens is 3. The molecule has 0 aliphatic rings. The zero-order valence-corrected chi connectivity index (χ0v) is 12.6. The topological polar surface area (TPSA) is 47.8 Å². The van der Waals surface area contributed by atoms with Crippen molar-refractivity contribution in [2.24, 2.45) is 0 Å². The van der Waals surface area contributed by atoms with E-state index in [9.17, 15) is 4.79 Å². The summed E-state index contributed by atoms with van der Waals surface area (Å²) in [5.41, 5.74) is 1.48. The molecule has 3 aromatic rings. The van der Waals surface area contributed by atoms with Crippen molar-refractivity contribution in [2.75, 3.05) is 5.75 Å². The van der Waals surface area contributed by atoms with E-state index in [4.69, 9.17) is 11.6 Å². The highest BCUT2D eigenvalue weighted by Gasteiger charge is 2.11. The van der Waals surface area contributed by atoms with E-state index < -0.39 is 0 Å². The van der Waals surface area contributed by atoms with Gasteiger partial charge in [0.2, 0.25) is 5.91 Å². The van der Waals surface area contributed by atoms with Gasteiger partial charge in [-0.15, -0.1) is 16.9 Å². The van der Waals surface area contributed by atoms with Crippen LogP contribution in [0.15, 0.2) is 53.4 Å². The largest absolute Gasteiger partial charge is 0.272 e. The predicted octanol–water partition coefficient (Wildman–Crippen LogP) is 3.91. The number of para-hydroxylation sites is 1. The van der Waals surface area contributed by atoms with E-state index in [1.165, 1.54) is 4.68 Å². The van der Waals surface area contributed by atoms with E-state index in [0.717, 1.165) is 15.9 Å². The van der Waals surface area contributed by atoms with Gasteiger partial charge < -0.3 is 0 Å². The van der Waals surface area contributed by atoms with Crippen molar-refractivity contribution in [1.82, 2.24) is 15.0 Å². The number of hydrogen-bond donors (Lipinski definition) is 0. The second-order valence-electron chi connectivity index (χ2n) is 4.44. The lowest BCUT2D eigenvalue weighted by atomic mass is 10.3. The first kappa shape index (κ1) is 14.1. The fourth-order valence-corrected chi connectivity index (χ4v) is 2.91. The Kier molecular flexibility index (Phi) is 4.22. The lowest BCUT2D eigenvalue weighted by molar-refractivity contribution is 0.0898. The lowest BCUT2D eigenvalue weighted by Gasteiger charge is -2.02. The second-order valence-corrected chi connectivity index (χ2v) is 6.04. The van der Waals surface area contributed by atoms with Gasteiger partial charge in [-0.05, 0) is 36.4 Å². The molecule has 0 saturated heterocycles. The van der Waals surface area contributed by atoms with Crippen molar-refractivity contribution in [1.29, 1.82) is 0 Å². The van der Waals surface area contributed by atoms with Gasteiger partial charge in [-0.25, -0.2) is 0 Å². The monoisotopic (exact) mass is 317 g/mol. The molecule has 0 atom stereocenters. The summed E-state index contributed by atoms with van der Waals surface area (Å²) in [6.45, 7) is 0. The first-order chi connectivity index (χ1) is 10.2. The summed E-state index contributed by atoms with van der Waals surface area (Å²) in [7, 11) is 0. The summed E-state index contributed by atoms with van der Waals surface area (Å²) in [5, 5.41) is 8.62. The van der Waals surface area contributed by atoms with E-state index in [-0.39, 0.29) is 5.91 Å². The van der Waals surface area contributed by atoms with Crippen LogP contribution in [0.4, 0.5) is 0 Å². The van der Waals surface area contributed by atoms with E-state index in [2.05, 4.69) is 10.3 Å². The molecular weight excluding hydrogens is 306 g/mol. The molecule has 0 fully saturated rings. The summed E-state index contributed by atoms with van der Waals surface area (Å²) in [6.07, 6.45) is 0.403. The molecule has 2 aromatic carbocycles. The molecule has 4 nitrogen and oxygen atoms in total. The third-order valence-electron chi connectivity index (χ3n) is 2.99. The number of carbonyl (C=O) groups is 1. The number of fused-ring (bicyclic) bond motifs is 1. The van der Waals surface area contributed by atoms with Crippen LogP contribution >= 0.6 is 23.4 Å². The summed E-state index contributed by atoms with van der Waals surface area (Å²) in [6, 6.07) is 15.0. The van der Waals surface area contributed by atoms with Gasteiger partial charge in [0.1, 0.15) is 5.52 Å². The van der Waals surface area contributed by atoms with Crippen LogP contribution in [-0.4, -0.2) is 26.7 Å². The molecule has 0 bridgehead atoms. The maximum Gasteiger partial charge on any atom is 0.249 e. The standard InChI is InChI=1S/C15H12ClN3OS/c16-11-5-7-12(8-6-11)21-10-9-15(20)19-14-4-2-1-3-13(14)17-18-19/h1-8H,9-10H2. The molecule has 0 aliphatic heterocycles. The van der Waals surface area contributed by atoms with Crippen LogP contribution in [0.2, 0.25) is 5.02 Å². The van der Waals surface area contributed by atoms with Gasteiger partial charge in [0.15, 0.2) is 0 Å². The highest BCUT2D eigenvalue weighted by molar-refractivity contribution is 7.99. The molecule has 0 unspecified atom stereocenters. The molecule has 1 heterocycles. The molecule has 0 spiro atoms. The zero-order valence-electron chi connectivity index (χ0n) is 11.1. The number of carbonyl (C=O) groups excluding carboxylic acids is 1. The molecule has 0 N–H and O–H groups in total. The minimum atomic E-state index is -0.0508. The van der Waals surface area contributed by atoms with Gasteiger partial charge in [0.05, 0.1) is 5.52 Å². The third kappa shape index (κ3) is 3.25. The van der Waals surface area contributed by atoms with Crippen molar-refractivity contribution in [3.05, 3.63) is 53.6 Å². The molecule has 106 valence electrons. The Morgan fingerprint density at radius 3 is 2.71 bits per heavy atom. The Morgan fingerprint density at radius 1 is 1.14 bits per heavy atom. The summed E-state index contributed by atoms with van der Waals surface area (Å²) >= 11 is 7.46. The molecule has 21 heavy (non-hydrogen) atoms. The molecular formula is C15H12ClN3OS. The second kappa shape index (κ2) is 6.28. The van der Waals surface area contributed by atoms with Crippen molar-refractivity contribution >= 4 is 40.3 Å². The normalized spacial score (nSPS) is 10.9. The number of hydrogen-bond acceptors (Lipinski definition) is 4. The van der Waals surface area contributed by atoms with Crippen LogP contribution in [0, 0.1) is 0 Å². The van der Waals surface area contributed by atoms with Gasteiger partial charge in [-0.2, -0.15) is 4.68 Å². The van der Waals surface area contributed by atoms with Crippen LogP contribution in [-0.2, 0) is 0 Å². The molecule has 1 aromatic heterocycles. The Hall–Kier alpha value is -1.85. The van der Waals surface area contributed by atoms with E-state index in [1.807, 2.05) is 48.5 Å². The maximum atomic E-state index is 12.2. The van der Waals surface area contributed by atoms with Crippen LogP contribution in [0.3, 0.4) is 0 Å². The molecule has 0 amide bonds. The Labute approximate surface area is 131 Å². The van der Waals surface area contributed by atoms with Crippen LogP contribution < -0.4 is 0 Å². The number of thioether (sulfide) groups is 1. The average Bonchev–Trinajstić information content (AvgIpc) is 2.93. The van der Waals surface area contributed by atoms with Gasteiger partial charge in [0, 0.05) is 22.1 Å². The molecule has 6 heteroatoms. The maximum absolute atomic E-state index is 12.2. The lowest BCUT2D eigenvalue weighted by Crippen LogP contribution is -2.13. The molecule has 0 aliphatic carbocycles. The third-order valence-corrected chi connectivity index (χ3v) is 4.25. The summed E-state index contributed by atoms with van der Waals surface area (Å²) in [5.74, 6) is 0.638. The zero-order chi connectivity index (χ0) is 14.7. The van der Waals surface area contributed by atoms with Crippen molar-refractivity contribution in [3.8, 4) is 0 Å². The Morgan fingerprint density at radius 2 is 1.90 bits per heavy atom. The summed E-state index contributed by atoms with van der Waals surface area (Å²) < 4.78 is 1.37. The van der Waals surface area contributed by atoms with Gasteiger partial charge in [-0.1, -0.05) is 28.9 Å². The van der Waals surface area contributed by atoms with Crippen LogP contribution in [0.1, 0.15) is 11.2 Å². The molecule has 3 rings (SSSR count). The van der Waals surface area contributed by atoms with E-state index in [1.54, 1.807) is 11.8 Å². The first-order valence-corrected chi connectivity index (χ1v) is 7.82. The minimum Gasteiger partial charge on any atom is -0.272 e. The number of rotatable bonds is 4. The Bertz CT molecular complexity index is 770. The molecule has 0 saturated carbocycles. The fourth-order valence-electron chi connectivity index (χ4n) is 1.95. The minimum absolute atomic E-state index is 0.0508. The average molecular weight is 318 g/mol. The number of halogens is 1. The smallest absolute Gasteiger partial charge is 0.249 e. The van der Waals surface area contributed by atoms with Crippen LogP contribution in [0.25, 0.3) is 11.0 Å². The van der Waals surface area contributed by atoms with Gasteiger partial charge in [-0.3, -0.25) is 4.79 Å². The van der Waals surface area contributed by atoms with Crippen molar-refractivity contribution in [2.45, 2.75) is 11.3 Å². The van der Waals surface area contributed by atoms with Crippen molar-refractivity contribution in [3.63, 3.8) is 0 Å². The quantitative estimate of drug-likeness (QED) is 0.685.